The van der Waals surface area contributed by atoms with Gasteiger partial charge in [-0.2, -0.15) is 18.3 Å². The molecule has 0 saturated heterocycles. The van der Waals surface area contributed by atoms with Gasteiger partial charge >= 0.3 is 6.18 Å². The van der Waals surface area contributed by atoms with Gasteiger partial charge in [0, 0.05) is 24.0 Å². The Hall–Kier alpha value is -3.46. The molecule has 0 aliphatic rings. The summed E-state index contributed by atoms with van der Waals surface area (Å²) in [4.78, 5) is 27.1. The normalized spacial score (nSPS) is 11.6. The number of alkyl halides is 3. The van der Waals surface area contributed by atoms with Crippen LogP contribution in [0.2, 0.25) is 0 Å². The van der Waals surface area contributed by atoms with Crippen molar-refractivity contribution < 1.29 is 18.0 Å². The molecule has 3 aromatic rings. The summed E-state index contributed by atoms with van der Waals surface area (Å²) in [7, 11) is 3.96. The summed E-state index contributed by atoms with van der Waals surface area (Å²) in [5.74, 6) is -0.739. The summed E-state index contributed by atoms with van der Waals surface area (Å²) in [6.07, 6.45) is -3.68. The van der Waals surface area contributed by atoms with Crippen molar-refractivity contribution in [2.45, 2.75) is 19.5 Å². The van der Waals surface area contributed by atoms with E-state index >= 15 is 0 Å². The van der Waals surface area contributed by atoms with Crippen molar-refractivity contribution in [3.63, 3.8) is 0 Å². The van der Waals surface area contributed by atoms with E-state index in [9.17, 15) is 22.8 Å². The van der Waals surface area contributed by atoms with Crippen LogP contribution in [-0.4, -0.2) is 41.2 Å². The fourth-order valence-corrected chi connectivity index (χ4v) is 3.08. The lowest BCUT2D eigenvalue weighted by molar-refractivity contribution is -0.137. The van der Waals surface area contributed by atoms with Crippen molar-refractivity contribution in [3.05, 3.63) is 87.3 Å². The van der Waals surface area contributed by atoms with Gasteiger partial charge in [-0.25, -0.2) is 4.68 Å². The van der Waals surface area contributed by atoms with Crippen molar-refractivity contribution in [2.75, 3.05) is 26.0 Å². The van der Waals surface area contributed by atoms with Crippen LogP contribution >= 0.6 is 0 Å². The van der Waals surface area contributed by atoms with Gasteiger partial charge in [-0.3, -0.25) is 9.59 Å². The number of carbonyl (C=O) groups excluding carboxylic acids is 1. The third-order valence-electron chi connectivity index (χ3n) is 4.80. The molecule has 1 aromatic heterocycles. The van der Waals surface area contributed by atoms with Gasteiger partial charge in [0.05, 0.1) is 11.3 Å². The molecule has 0 aliphatic heterocycles. The second kappa shape index (κ2) is 9.35. The Labute approximate surface area is 183 Å². The topological polar surface area (TPSA) is 67.2 Å². The van der Waals surface area contributed by atoms with Crippen molar-refractivity contribution in [2.24, 2.45) is 0 Å². The molecule has 1 amide bonds. The van der Waals surface area contributed by atoms with Gasteiger partial charge in [0.2, 0.25) is 5.43 Å². The molecule has 168 valence electrons. The SMILES string of the molecule is Cc1cc(=O)c(C(=O)Nc2ccc(CCN(C)C)cc2)nn1-c1cccc(C(F)(F)F)c1. The Morgan fingerprint density at radius 2 is 1.78 bits per heavy atom. The third kappa shape index (κ3) is 5.61. The first-order valence-electron chi connectivity index (χ1n) is 9.88. The molecule has 0 spiro atoms. The monoisotopic (exact) mass is 444 g/mol. The zero-order valence-corrected chi connectivity index (χ0v) is 17.9. The summed E-state index contributed by atoms with van der Waals surface area (Å²) in [6, 6.07) is 12.9. The molecule has 0 aliphatic carbocycles. The van der Waals surface area contributed by atoms with Crippen LogP contribution in [0.25, 0.3) is 5.69 Å². The van der Waals surface area contributed by atoms with Gasteiger partial charge in [0.1, 0.15) is 0 Å². The van der Waals surface area contributed by atoms with Crippen LogP contribution in [0.1, 0.15) is 27.3 Å². The standard InChI is InChI=1S/C23H23F3N4O2/c1-15-13-20(31)21(28-30(15)19-6-4-5-17(14-19)23(24,25)26)22(32)27-18-9-7-16(8-10-18)11-12-29(2)3/h4-10,13-14H,11-12H2,1-3H3,(H,27,32). The number of nitrogens with zero attached hydrogens (tertiary/aromatic N) is 3. The van der Waals surface area contributed by atoms with E-state index in [-0.39, 0.29) is 5.69 Å². The maximum Gasteiger partial charge on any atom is 0.416 e. The first-order valence-corrected chi connectivity index (χ1v) is 9.88. The molecule has 0 saturated carbocycles. The van der Waals surface area contributed by atoms with E-state index in [1.54, 1.807) is 12.1 Å². The predicted molar refractivity (Wildman–Crippen MR) is 116 cm³/mol. The number of nitrogens with one attached hydrogen (secondary N) is 1. The highest BCUT2D eigenvalue weighted by Crippen LogP contribution is 2.30. The number of anilines is 1. The number of likely N-dealkylation sites (N-methyl/N-ethyl adjacent to an activating group) is 1. The van der Waals surface area contributed by atoms with E-state index in [4.69, 9.17) is 0 Å². The van der Waals surface area contributed by atoms with E-state index in [2.05, 4.69) is 15.3 Å². The van der Waals surface area contributed by atoms with Crippen LogP contribution in [0.3, 0.4) is 0 Å². The molecule has 1 heterocycles. The highest BCUT2D eigenvalue weighted by atomic mass is 19.4. The second-order valence-corrected chi connectivity index (χ2v) is 7.66. The lowest BCUT2D eigenvalue weighted by atomic mass is 10.1. The second-order valence-electron chi connectivity index (χ2n) is 7.66. The fraction of sp³-hybridized carbons (Fsp3) is 0.261. The van der Waals surface area contributed by atoms with Crippen molar-refractivity contribution in [1.29, 1.82) is 0 Å². The van der Waals surface area contributed by atoms with Gasteiger partial charge in [-0.05, 0) is 63.3 Å². The van der Waals surface area contributed by atoms with Crippen LogP contribution < -0.4 is 10.7 Å². The van der Waals surface area contributed by atoms with Gasteiger partial charge in [-0.1, -0.05) is 18.2 Å². The summed E-state index contributed by atoms with van der Waals surface area (Å²) in [6.45, 7) is 2.41. The molecule has 6 nitrogen and oxygen atoms in total. The minimum Gasteiger partial charge on any atom is -0.320 e. The highest BCUT2D eigenvalue weighted by molar-refractivity contribution is 6.02. The average Bonchev–Trinajstić information content (AvgIpc) is 2.72. The molecular weight excluding hydrogens is 421 g/mol. The number of halogens is 3. The van der Waals surface area contributed by atoms with Gasteiger partial charge < -0.3 is 10.2 Å². The molecule has 1 N–H and O–H groups in total. The smallest absolute Gasteiger partial charge is 0.320 e. The van der Waals surface area contributed by atoms with E-state index in [1.807, 2.05) is 26.2 Å². The van der Waals surface area contributed by atoms with Crippen LogP contribution in [0.4, 0.5) is 18.9 Å². The number of benzene rings is 2. The molecule has 0 fully saturated rings. The molecule has 0 atom stereocenters. The maximum absolute atomic E-state index is 13.1. The van der Waals surface area contributed by atoms with E-state index in [0.717, 1.165) is 35.3 Å². The number of hydrogen-bond donors (Lipinski definition) is 1. The van der Waals surface area contributed by atoms with Crippen LogP contribution in [-0.2, 0) is 12.6 Å². The van der Waals surface area contributed by atoms with Crippen LogP contribution in [0.5, 0.6) is 0 Å². The zero-order chi connectivity index (χ0) is 23.5. The molecular formula is C23H23F3N4O2. The molecule has 0 unspecified atom stereocenters. The number of amides is 1. The summed E-state index contributed by atoms with van der Waals surface area (Å²) in [5.41, 5.74) is 0.0894. The minimum atomic E-state index is -4.53. The first kappa shape index (κ1) is 23.2. The number of rotatable bonds is 6. The minimum absolute atomic E-state index is 0.0941. The largest absolute Gasteiger partial charge is 0.416 e. The maximum atomic E-state index is 13.1. The Kier molecular flexibility index (Phi) is 6.78. The molecule has 0 radical (unpaired) electrons. The Bertz CT molecular complexity index is 1170. The van der Waals surface area contributed by atoms with Gasteiger partial charge in [-0.15, -0.1) is 0 Å². The number of aryl methyl sites for hydroxylation is 1. The zero-order valence-electron chi connectivity index (χ0n) is 17.9. The molecule has 9 heteroatoms. The average molecular weight is 444 g/mol. The fourth-order valence-electron chi connectivity index (χ4n) is 3.08. The van der Waals surface area contributed by atoms with Crippen LogP contribution in [0.15, 0.2) is 59.4 Å². The van der Waals surface area contributed by atoms with Crippen molar-refractivity contribution >= 4 is 11.6 Å². The lowest BCUT2D eigenvalue weighted by Crippen LogP contribution is -2.27. The van der Waals surface area contributed by atoms with Crippen LogP contribution in [0, 0.1) is 6.92 Å². The number of aromatic nitrogens is 2. The van der Waals surface area contributed by atoms with E-state index in [0.29, 0.717) is 11.4 Å². The quantitative estimate of drug-likeness (QED) is 0.626. The lowest BCUT2D eigenvalue weighted by Gasteiger charge is -2.14. The van der Waals surface area contributed by atoms with Crippen molar-refractivity contribution in [1.82, 2.24) is 14.7 Å². The first-order chi connectivity index (χ1) is 15.0. The third-order valence-corrected chi connectivity index (χ3v) is 4.80. The molecule has 3 rings (SSSR count). The predicted octanol–water partition coefficient (Wildman–Crippen LogP) is 3.92. The van der Waals surface area contributed by atoms with Gasteiger partial charge in [0.25, 0.3) is 5.91 Å². The highest BCUT2D eigenvalue weighted by Gasteiger charge is 2.30. The Morgan fingerprint density at radius 1 is 1.09 bits per heavy atom. The van der Waals surface area contributed by atoms with E-state index in [1.165, 1.54) is 25.1 Å². The summed E-state index contributed by atoms with van der Waals surface area (Å²) in [5, 5.41) is 6.67. The number of carbonyl (C=O) groups is 1. The molecule has 2 aromatic carbocycles. The Balaban J connectivity index is 1.86. The number of hydrogen-bond acceptors (Lipinski definition) is 4. The summed E-state index contributed by atoms with van der Waals surface area (Å²) >= 11 is 0. The molecule has 0 bridgehead atoms. The Morgan fingerprint density at radius 3 is 2.41 bits per heavy atom. The van der Waals surface area contributed by atoms with Gasteiger partial charge in [0.15, 0.2) is 5.69 Å². The summed E-state index contributed by atoms with van der Waals surface area (Å²) < 4.78 is 40.4. The van der Waals surface area contributed by atoms with Crippen molar-refractivity contribution in [3.8, 4) is 5.69 Å². The molecule has 32 heavy (non-hydrogen) atoms. The van der Waals surface area contributed by atoms with E-state index < -0.39 is 28.8 Å².